The Morgan fingerprint density at radius 3 is 2.53 bits per heavy atom. The van der Waals surface area contributed by atoms with Crippen molar-refractivity contribution in [3.63, 3.8) is 0 Å². The van der Waals surface area contributed by atoms with Crippen LogP contribution in [0.15, 0.2) is 54.6 Å². The molecular weight excluding hydrogens is 396 g/mol. The van der Waals surface area contributed by atoms with Gasteiger partial charge in [0.2, 0.25) is 0 Å². The van der Waals surface area contributed by atoms with E-state index in [-0.39, 0.29) is 30.3 Å². The average molecular weight is 423 g/mol. The summed E-state index contributed by atoms with van der Waals surface area (Å²) < 4.78 is 2.00. The highest BCUT2D eigenvalue weighted by molar-refractivity contribution is 5.94. The van der Waals surface area contributed by atoms with Crippen molar-refractivity contribution in [3.8, 4) is 5.69 Å². The Balaban J connectivity index is 0.00000218. The normalized spacial score (nSPS) is 20.1. The first-order chi connectivity index (χ1) is 14.1. The van der Waals surface area contributed by atoms with Crippen molar-refractivity contribution in [2.45, 2.75) is 38.1 Å². The number of carbonyl (C=O) groups is 1. The summed E-state index contributed by atoms with van der Waals surface area (Å²) in [7, 11) is 0. The second-order valence-corrected chi connectivity index (χ2v) is 8.22. The van der Waals surface area contributed by atoms with Crippen LogP contribution in [-0.2, 0) is 12.8 Å². The summed E-state index contributed by atoms with van der Waals surface area (Å²) in [6.07, 6.45) is 2.96. The van der Waals surface area contributed by atoms with E-state index in [1.165, 1.54) is 11.3 Å². The third kappa shape index (κ3) is 3.42. The Morgan fingerprint density at radius 2 is 1.77 bits per heavy atom. The standard InChI is InChI=1S/C24H26N4O.ClH/c1-16-8-5-6-12-21(16)28-22-13-7-11-18(22)23(26-28)24(29)27-14-19(20(25)15-27)17-9-3-2-4-10-17;/h2-6,8-10,12,19-20H,7,11,13-15,25H2,1H3;1H/t19-,20+;/m0./s1. The third-order valence-electron chi connectivity index (χ3n) is 6.36. The molecule has 1 saturated heterocycles. The molecule has 2 aromatic carbocycles. The molecule has 1 amide bonds. The second kappa shape index (κ2) is 8.25. The van der Waals surface area contributed by atoms with Gasteiger partial charge in [0.15, 0.2) is 5.69 Å². The monoisotopic (exact) mass is 422 g/mol. The maximum atomic E-state index is 13.5. The Kier molecular flexibility index (Phi) is 5.67. The fourth-order valence-corrected chi connectivity index (χ4v) is 4.81. The van der Waals surface area contributed by atoms with Crippen molar-refractivity contribution in [2.75, 3.05) is 13.1 Å². The van der Waals surface area contributed by atoms with Gasteiger partial charge in [0.1, 0.15) is 0 Å². The zero-order valence-corrected chi connectivity index (χ0v) is 17.9. The minimum atomic E-state index is -0.0483. The highest BCUT2D eigenvalue weighted by Crippen LogP contribution is 2.32. The van der Waals surface area contributed by atoms with E-state index in [1.54, 1.807) is 0 Å². The minimum absolute atomic E-state index is 0. The van der Waals surface area contributed by atoms with Gasteiger partial charge in [0.25, 0.3) is 5.91 Å². The predicted octanol–water partition coefficient (Wildman–Crippen LogP) is 3.66. The number of hydrogen-bond donors (Lipinski definition) is 1. The molecule has 0 bridgehead atoms. The molecule has 2 aliphatic rings. The topological polar surface area (TPSA) is 64.2 Å². The van der Waals surface area contributed by atoms with Crippen LogP contribution in [0.4, 0.5) is 0 Å². The summed E-state index contributed by atoms with van der Waals surface area (Å²) in [5.74, 6) is 0.191. The first-order valence-corrected chi connectivity index (χ1v) is 10.4. The lowest BCUT2D eigenvalue weighted by Gasteiger charge is -2.16. The predicted molar refractivity (Wildman–Crippen MR) is 121 cm³/mol. The van der Waals surface area contributed by atoms with Gasteiger partial charge in [-0.25, -0.2) is 4.68 Å². The zero-order valence-electron chi connectivity index (χ0n) is 17.1. The zero-order chi connectivity index (χ0) is 20.0. The van der Waals surface area contributed by atoms with E-state index in [2.05, 4.69) is 31.2 Å². The number of amides is 1. The number of aryl methyl sites for hydroxylation is 1. The number of carbonyl (C=O) groups excluding carboxylic acids is 1. The van der Waals surface area contributed by atoms with Crippen molar-refractivity contribution in [1.82, 2.24) is 14.7 Å². The number of halogens is 1. The quantitative estimate of drug-likeness (QED) is 0.700. The van der Waals surface area contributed by atoms with Crippen LogP contribution >= 0.6 is 12.4 Å². The number of aromatic nitrogens is 2. The van der Waals surface area contributed by atoms with Gasteiger partial charge in [0, 0.05) is 36.3 Å². The van der Waals surface area contributed by atoms with Crippen LogP contribution < -0.4 is 5.73 Å². The van der Waals surface area contributed by atoms with Gasteiger partial charge >= 0.3 is 0 Å². The van der Waals surface area contributed by atoms with Crippen LogP contribution in [0.5, 0.6) is 0 Å². The summed E-state index contributed by atoms with van der Waals surface area (Å²) in [6.45, 7) is 3.31. The second-order valence-electron chi connectivity index (χ2n) is 8.22. The van der Waals surface area contributed by atoms with E-state index in [0.29, 0.717) is 18.8 Å². The minimum Gasteiger partial charge on any atom is -0.335 e. The van der Waals surface area contributed by atoms with Gasteiger partial charge in [-0.2, -0.15) is 5.10 Å². The van der Waals surface area contributed by atoms with E-state index in [4.69, 9.17) is 10.8 Å². The maximum absolute atomic E-state index is 13.5. The average Bonchev–Trinajstić information content (AvgIpc) is 3.44. The Hall–Kier alpha value is -2.63. The van der Waals surface area contributed by atoms with E-state index in [1.807, 2.05) is 39.9 Å². The largest absolute Gasteiger partial charge is 0.335 e. The fraction of sp³-hybridized carbons (Fsp3) is 0.333. The van der Waals surface area contributed by atoms with Crippen LogP contribution in [0.25, 0.3) is 5.69 Å². The molecular formula is C24H27ClN4O. The number of para-hydroxylation sites is 1. The number of fused-ring (bicyclic) bond motifs is 1. The molecule has 1 fully saturated rings. The lowest BCUT2D eigenvalue weighted by atomic mass is 9.95. The molecule has 5 rings (SSSR count). The molecule has 0 saturated carbocycles. The molecule has 30 heavy (non-hydrogen) atoms. The van der Waals surface area contributed by atoms with Crippen molar-refractivity contribution >= 4 is 18.3 Å². The number of nitrogens with zero attached hydrogens (tertiary/aromatic N) is 3. The van der Waals surface area contributed by atoms with Gasteiger partial charge < -0.3 is 10.6 Å². The summed E-state index contributed by atoms with van der Waals surface area (Å²) >= 11 is 0. The molecule has 2 atom stereocenters. The maximum Gasteiger partial charge on any atom is 0.274 e. The summed E-state index contributed by atoms with van der Waals surface area (Å²) in [6, 6.07) is 18.4. The van der Waals surface area contributed by atoms with Crippen LogP contribution in [0.2, 0.25) is 0 Å². The number of likely N-dealkylation sites (tertiary alicyclic amines) is 1. The molecule has 0 radical (unpaired) electrons. The first-order valence-electron chi connectivity index (χ1n) is 10.4. The molecule has 0 spiro atoms. The highest BCUT2D eigenvalue weighted by Gasteiger charge is 2.37. The van der Waals surface area contributed by atoms with E-state index in [9.17, 15) is 4.79 Å². The lowest BCUT2D eigenvalue weighted by Crippen LogP contribution is -2.32. The molecule has 2 N–H and O–H groups in total. The highest BCUT2D eigenvalue weighted by atomic mass is 35.5. The van der Waals surface area contributed by atoms with E-state index in [0.717, 1.165) is 36.1 Å². The fourth-order valence-electron chi connectivity index (χ4n) is 4.81. The van der Waals surface area contributed by atoms with Gasteiger partial charge in [-0.3, -0.25) is 4.79 Å². The Labute approximate surface area is 183 Å². The summed E-state index contributed by atoms with van der Waals surface area (Å²) in [5, 5.41) is 4.81. The van der Waals surface area contributed by atoms with Crippen LogP contribution in [0.3, 0.4) is 0 Å². The lowest BCUT2D eigenvalue weighted by molar-refractivity contribution is 0.0782. The van der Waals surface area contributed by atoms with E-state index >= 15 is 0 Å². The molecule has 156 valence electrons. The van der Waals surface area contributed by atoms with Crippen molar-refractivity contribution < 1.29 is 4.79 Å². The molecule has 3 aromatic rings. The summed E-state index contributed by atoms with van der Waals surface area (Å²) in [4.78, 5) is 15.3. The smallest absolute Gasteiger partial charge is 0.274 e. The molecule has 1 aliphatic carbocycles. The Morgan fingerprint density at radius 1 is 1.03 bits per heavy atom. The van der Waals surface area contributed by atoms with Gasteiger partial charge in [-0.05, 0) is 43.4 Å². The molecule has 0 unspecified atom stereocenters. The van der Waals surface area contributed by atoms with Gasteiger partial charge in [0.05, 0.1) is 5.69 Å². The van der Waals surface area contributed by atoms with Crippen molar-refractivity contribution in [2.24, 2.45) is 5.73 Å². The molecule has 1 aromatic heterocycles. The Bertz CT molecular complexity index is 1060. The number of benzene rings is 2. The van der Waals surface area contributed by atoms with Gasteiger partial charge in [-0.15, -0.1) is 12.4 Å². The van der Waals surface area contributed by atoms with Crippen molar-refractivity contribution in [1.29, 1.82) is 0 Å². The number of nitrogens with two attached hydrogens (primary N) is 1. The first kappa shape index (κ1) is 20.6. The van der Waals surface area contributed by atoms with Crippen LogP contribution in [0, 0.1) is 6.92 Å². The number of hydrogen-bond acceptors (Lipinski definition) is 3. The van der Waals surface area contributed by atoms with E-state index < -0.39 is 0 Å². The summed E-state index contributed by atoms with van der Waals surface area (Å²) in [5.41, 5.74) is 12.8. The molecule has 1 aliphatic heterocycles. The van der Waals surface area contributed by atoms with Crippen LogP contribution in [-0.4, -0.2) is 39.7 Å². The van der Waals surface area contributed by atoms with Crippen molar-refractivity contribution in [3.05, 3.63) is 82.7 Å². The number of rotatable bonds is 3. The molecule has 2 heterocycles. The van der Waals surface area contributed by atoms with Gasteiger partial charge in [-0.1, -0.05) is 48.5 Å². The molecule has 6 heteroatoms. The molecule has 5 nitrogen and oxygen atoms in total. The third-order valence-corrected chi connectivity index (χ3v) is 6.36. The SMILES string of the molecule is Cc1ccccc1-n1nc(C(=O)N2C[C@@H](N)[C@H](c3ccccc3)C2)c2c1CCC2.Cl. The van der Waals surface area contributed by atoms with Crippen LogP contribution in [0.1, 0.15) is 45.2 Å².